The number of aromatic nitrogens is 2. The average Bonchev–Trinajstić information content (AvgIpc) is 3.22. The lowest BCUT2D eigenvalue weighted by Crippen LogP contribution is -2.31. The molecule has 1 aromatic heterocycles. The van der Waals surface area contributed by atoms with Gasteiger partial charge in [-0.05, 0) is 45.3 Å². The van der Waals surface area contributed by atoms with Crippen LogP contribution in [0.25, 0.3) is 0 Å². The smallest absolute Gasteiger partial charge is 0.161 e. The highest BCUT2D eigenvalue weighted by Gasteiger charge is 2.36. The minimum atomic E-state index is 0.321. The minimum absolute atomic E-state index is 0.321. The molecule has 5 heteroatoms. The van der Waals surface area contributed by atoms with Crippen LogP contribution in [0.15, 0.2) is 6.20 Å². The van der Waals surface area contributed by atoms with Gasteiger partial charge in [-0.3, -0.25) is 4.68 Å². The van der Waals surface area contributed by atoms with Crippen LogP contribution in [0.4, 0.5) is 0 Å². The third kappa shape index (κ3) is 3.98. The van der Waals surface area contributed by atoms with Crippen molar-refractivity contribution in [2.75, 3.05) is 34.3 Å². The summed E-state index contributed by atoms with van der Waals surface area (Å²) >= 11 is 0. The summed E-state index contributed by atoms with van der Waals surface area (Å²) in [5.41, 5.74) is 1.21. The van der Waals surface area contributed by atoms with Gasteiger partial charge >= 0.3 is 0 Å². The number of nitrogens with zero attached hydrogens (tertiary/aromatic N) is 3. The Morgan fingerprint density at radius 1 is 1.48 bits per heavy atom. The molecule has 0 bridgehead atoms. The Morgan fingerprint density at radius 3 is 2.71 bits per heavy atom. The number of hydrogen-bond acceptors (Lipinski definition) is 4. The molecule has 1 heterocycles. The Kier molecular flexibility index (Phi) is 5.65. The summed E-state index contributed by atoms with van der Waals surface area (Å²) < 4.78 is 7.69. The van der Waals surface area contributed by atoms with Crippen LogP contribution in [0, 0.1) is 11.8 Å². The van der Waals surface area contributed by atoms with E-state index < -0.39 is 0 Å². The number of ether oxygens (including phenoxy) is 1. The maximum absolute atomic E-state index is 5.57. The highest BCUT2D eigenvalue weighted by molar-refractivity contribution is 5.29. The zero-order chi connectivity index (χ0) is 15.4. The van der Waals surface area contributed by atoms with Crippen molar-refractivity contribution < 1.29 is 4.74 Å². The predicted octanol–water partition coefficient (Wildman–Crippen LogP) is 2.15. The lowest BCUT2D eigenvalue weighted by Gasteiger charge is -2.27. The van der Waals surface area contributed by atoms with Gasteiger partial charge in [0.15, 0.2) is 5.75 Å². The van der Waals surface area contributed by atoms with Gasteiger partial charge in [0, 0.05) is 6.54 Å². The van der Waals surface area contributed by atoms with Crippen LogP contribution in [0.3, 0.4) is 0 Å². The van der Waals surface area contributed by atoms with Crippen molar-refractivity contribution in [2.45, 2.75) is 39.3 Å². The summed E-state index contributed by atoms with van der Waals surface area (Å²) in [7, 11) is 5.92. The molecule has 1 N–H and O–H groups in total. The van der Waals surface area contributed by atoms with Gasteiger partial charge in [0.25, 0.3) is 0 Å². The second-order valence-electron chi connectivity index (χ2n) is 6.36. The van der Waals surface area contributed by atoms with Crippen molar-refractivity contribution in [1.82, 2.24) is 20.0 Å². The molecule has 0 radical (unpaired) electrons. The molecule has 2 rings (SSSR count). The normalized spacial score (nSPS) is 18.0. The molecule has 120 valence electrons. The fourth-order valence-electron chi connectivity index (χ4n) is 2.97. The topological polar surface area (TPSA) is 42.3 Å². The van der Waals surface area contributed by atoms with Crippen LogP contribution in [0.1, 0.15) is 38.4 Å². The first kappa shape index (κ1) is 16.3. The summed E-state index contributed by atoms with van der Waals surface area (Å²) in [5.74, 6) is 2.37. The third-order valence-corrected chi connectivity index (χ3v) is 4.43. The van der Waals surface area contributed by atoms with E-state index in [0.717, 1.165) is 31.3 Å². The van der Waals surface area contributed by atoms with E-state index in [-0.39, 0.29) is 0 Å². The van der Waals surface area contributed by atoms with Gasteiger partial charge < -0.3 is 15.0 Å². The second-order valence-corrected chi connectivity index (χ2v) is 6.36. The van der Waals surface area contributed by atoms with Crippen LogP contribution in [-0.4, -0.2) is 49.0 Å². The fourth-order valence-corrected chi connectivity index (χ4v) is 2.97. The molecular formula is C16H30N4O. The van der Waals surface area contributed by atoms with Gasteiger partial charge in [0.1, 0.15) is 0 Å². The molecule has 1 aliphatic carbocycles. The standard InChI is InChI=1S/C16H30N4O/c1-6-17-15(12(2)13-7-8-13)16-14(21-5)11-18-20(16)10-9-19(3)4/h11-13,15,17H,6-10H2,1-5H3. The van der Waals surface area contributed by atoms with E-state index in [1.54, 1.807) is 7.11 Å². The minimum Gasteiger partial charge on any atom is -0.493 e. The summed E-state index contributed by atoms with van der Waals surface area (Å²) in [6.45, 7) is 7.36. The SMILES string of the molecule is CCNC(c1c(OC)cnn1CCN(C)C)C(C)C1CC1. The average molecular weight is 294 g/mol. The van der Waals surface area contributed by atoms with Crippen molar-refractivity contribution in [2.24, 2.45) is 11.8 Å². The van der Waals surface area contributed by atoms with E-state index in [0.29, 0.717) is 12.0 Å². The largest absolute Gasteiger partial charge is 0.493 e. The van der Waals surface area contributed by atoms with Crippen LogP contribution < -0.4 is 10.1 Å². The number of rotatable bonds is 9. The summed E-state index contributed by atoms with van der Waals surface area (Å²) in [4.78, 5) is 2.19. The second kappa shape index (κ2) is 7.27. The highest BCUT2D eigenvalue weighted by Crippen LogP contribution is 2.44. The van der Waals surface area contributed by atoms with Crippen molar-refractivity contribution in [3.05, 3.63) is 11.9 Å². The molecule has 21 heavy (non-hydrogen) atoms. The molecule has 0 saturated heterocycles. The third-order valence-electron chi connectivity index (χ3n) is 4.43. The molecule has 1 aliphatic rings. The Labute approximate surface area is 128 Å². The first-order valence-electron chi connectivity index (χ1n) is 8.06. The van der Waals surface area contributed by atoms with Gasteiger partial charge in [0.05, 0.1) is 31.6 Å². The molecule has 1 saturated carbocycles. The molecule has 0 spiro atoms. The first-order valence-corrected chi connectivity index (χ1v) is 8.06. The number of nitrogens with one attached hydrogen (secondary N) is 1. The summed E-state index contributed by atoms with van der Waals surface area (Å²) in [6, 6.07) is 0.321. The zero-order valence-corrected chi connectivity index (χ0v) is 14.1. The van der Waals surface area contributed by atoms with Gasteiger partial charge in [-0.15, -0.1) is 0 Å². The molecule has 1 aromatic rings. The van der Waals surface area contributed by atoms with Gasteiger partial charge in [-0.1, -0.05) is 13.8 Å². The van der Waals surface area contributed by atoms with Crippen molar-refractivity contribution in [1.29, 1.82) is 0 Å². The molecule has 2 atom stereocenters. The van der Waals surface area contributed by atoms with Crippen molar-refractivity contribution >= 4 is 0 Å². The summed E-state index contributed by atoms with van der Waals surface area (Å²) in [5, 5.41) is 8.20. The summed E-state index contributed by atoms with van der Waals surface area (Å²) in [6.07, 6.45) is 4.57. The Bertz CT molecular complexity index is 439. The molecule has 5 nitrogen and oxygen atoms in total. The van der Waals surface area contributed by atoms with Crippen molar-refractivity contribution in [3.63, 3.8) is 0 Å². The van der Waals surface area contributed by atoms with E-state index in [4.69, 9.17) is 4.74 Å². The van der Waals surface area contributed by atoms with Crippen LogP contribution in [0.2, 0.25) is 0 Å². The van der Waals surface area contributed by atoms with E-state index in [9.17, 15) is 0 Å². The molecule has 0 aromatic carbocycles. The quantitative estimate of drug-likeness (QED) is 0.758. The van der Waals surface area contributed by atoms with Crippen LogP contribution >= 0.6 is 0 Å². The number of hydrogen-bond donors (Lipinski definition) is 1. The molecule has 2 unspecified atom stereocenters. The van der Waals surface area contributed by atoms with E-state index in [1.807, 2.05) is 6.20 Å². The molecule has 1 fully saturated rings. The maximum Gasteiger partial charge on any atom is 0.161 e. The molecule has 0 amide bonds. The van der Waals surface area contributed by atoms with Gasteiger partial charge in [-0.25, -0.2) is 0 Å². The monoisotopic (exact) mass is 294 g/mol. The van der Waals surface area contributed by atoms with Gasteiger partial charge in [-0.2, -0.15) is 5.10 Å². The van der Waals surface area contributed by atoms with E-state index in [1.165, 1.54) is 18.5 Å². The molecular weight excluding hydrogens is 264 g/mol. The fraction of sp³-hybridized carbons (Fsp3) is 0.812. The van der Waals surface area contributed by atoms with E-state index >= 15 is 0 Å². The Hall–Kier alpha value is -1.07. The van der Waals surface area contributed by atoms with Gasteiger partial charge in [0.2, 0.25) is 0 Å². The lowest BCUT2D eigenvalue weighted by atomic mass is 9.93. The Morgan fingerprint density at radius 2 is 2.19 bits per heavy atom. The number of likely N-dealkylation sites (N-methyl/N-ethyl adjacent to an activating group) is 1. The Balaban J connectivity index is 2.25. The predicted molar refractivity (Wildman–Crippen MR) is 85.6 cm³/mol. The molecule has 0 aliphatic heterocycles. The highest BCUT2D eigenvalue weighted by atomic mass is 16.5. The lowest BCUT2D eigenvalue weighted by molar-refractivity contribution is 0.307. The zero-order valence-electron chi connectivity index (χ0n) is 14.1. The van der Waals surface area contributed by atoms with Crippen LogP contribution in [0.5, 0.6) is 5.75 Å². The number of methoxy groups -OCH3 is 1. The van der Waals surface area contributed by atoms with E-state index in [2.05, 4.69) is 47.9 Å². The maximum atomic E-state index is 5.57. The first-order chi connectivity index (χ1) is 10.1. The van der Waals surface area contributed by atoms with Crippen LogP contribution in [-0.2, 0) is 6.54 Å². The van der Waals surface area contributed by atoms with Crippen molar-refractivity contribution in [3.8, 4) is 5.75 Å².